The maximum absolute atomic E-state index is 15.1. The molecule has 0 atom stereocenters. The molecule has 3 heteroatoms. The summed E-state index contributed by atoms with van der Waals surface area (Å²) >= 11 is 0. The van der Waals surface area contributed by atoms with Gasteiger partial charge in [-0.3, -0.25) is 0 Å². The van der Waals surface area contributed by atoms with Gasteiger partial charge in [-0.1, -0.05) is 63.4 Å². The fourth-order valence-corrected chi connectivity index (χ4v) is 6.38. The van der Waals surface area contributed by atoms with Crippen LogP contribution in [-0.2, 0) is 32.1 Å². The van der Waals surface area contributed by atoms with Crippen LogP contribution in [-0.4, -0.2) is 0 Å². The Labute approximate surface area is 234 Å². The number of benzene rings is 3. The minimum absolute atomic E-state index is 0.202. The number of hydrogen-bond acceptors (Lipinski definition) is 0. The van der Waals surface area contributed by atoms with Crippen molar-refractivity contribution >= 4 is 0 Å². The number of aryl methyl sites for hydroxylation is 5. The summed E-state index contributed by atoms with van der Waals surface area (Å²) in [6.07, 6.45) is 12.6. The molecule has 0 aliphatic heterocycles. The van der Waals surface area contributed by atoms with Gasteiger partial charge in [-0.2, -0.15) is 0 Å². The molecule has 0 N–H and O–H groups in total. The monoisotopic (exact) mass is 534 g/mol. The summed E-state index contributed by atoms with van der Waals surface area (Å²) < 4.78 is 44.1. The van der Waals surface area contributed by atoms with Crippen LogP contribution in [0, 0.1) is 30.3 Å². The maximum atomic E-state index is 15.1. The van der Waals surface area contributed by atoms with Crippen molar-refractivity contribution in [1.82, 2.24) is 0 Å². The Morgan fingerprint density at radius 2 is 1.28 bits per heavy atom. The Hall–Kier alpha value is -2.55. The van der Waals surface area contributed by atoms with Gasteiger partial charge in [0.25, 0.3) is 0 Å². The zero-order valence-corrected chi connectivity index (χ0v) is 24.1. The van der Waals surface area contributed by atoms with Gasteiger partial charge in [-0.25, -0.2) is 13.2 Å². The van der Waals surface area contributed by atoms with E-state index in [0.717, 1.165) is 41.9 Å². The summed E-state index contributed by atoms with van der Waals surface area (Å²) in [5.74, 6) is 0.688. The number of rotatable bonds is 12. The molecule has 0 radical (unpaired) electrons. The van der Waals surface area contributed by atoms with Crippen molar-refractivity contribution in [3.8, 4) is 0 Å². The second-order valence-corrected chi connectivity index (χ2v) is 11.8. The first kappa shape index (κ1) is 29.4. The standard InChI is InChI=1S/C36H45F3/c1-4-6-8-31-23-35(38)32(24-34(31)37)19-13-28-21-25(3)33(36(39)22-28)20-14-27-11-17-30(18-12-27)29-15-9-26(7-5-2)10-16-29/h11-12,17-18,21-24,26,29H,4-10,13-16,19-20H2,1-3H3. The third-order valence-electron chi connectivity index (χ3n) is 8.83. The molecule has 0 amide bonds. The van der Waals surface area contributed by atoms with Crippen molar-refractivity contribution < 1.29 is 13.2 Å². The molecule has 3 aromatic rings. The predicted molar refractivity (Wildman–Crippen MR) is 157 cm³/mol. The van der Waals surface area contributed by atoms with E-state index in [4.69, 9.17) is 0 Å². The highest BCUT2D eigenvalue weighted by molar-refractivity contribution is 5.35. The van der Waals surface area contributed by atoms with Crippen molar-refractivity contribution in [2.45, 2.75) is 110 Å². The molecule has 0 aromatic heterocycles. The third kappa shape index (κ3) is 7.99. The molecule has 1 aliphatic carbocycles. The van der Waals surface area contributed by atoms with Crippen molar-refractivity contribution in [1.29, 1.82) is 0 Å². The van der Waals surface area contributed by atoms with E-state index in [2.05, 4.69) is 31.2 Å². The fourth-order valence-electron chi connectivity index (χ4n) is 6.38. The molecule has 0 heterocycles. The van der Waals surface area contributed by atoms with Gasteiger partial charge in [-0.05, 0) is 140 Å². The largest absolute Gasteiger partial charge is 0.207 e. The summed E-state index contributed by atoms with van der Waals surface area (Å²) in [6, 6.07) is 15.2. The van der Waals surface area contributed by atoms with Crippen molar-refractivity contribution in [3.63, 3.8) is 0 Å². The molecule has 0 unspecified atom stereocenters. The highest BCUT2D eigenvalue weighted by atomic mass is 19.1. The summed E-state index contributed by atoms with van der Waals surface area (Å²) in [5.41, 5.74) is 5.97. The minimum atomic E-state index is -0.369. The molecule has 1 fully saturated rings. The second kappa shape index (κ2) is 14.2. The molecule has 210 valence electrons. The molecular formula is C36H45F3. The zero-order chi connectivity index (χ0) is 27.8. The normalized spacial score (nSPS) is 17.5. The molecule has 39 heavy (non-hydrogen) atoms. The van der Waals surface area contributed by atoms with Crippen LogP contribution in [0.2, 0.25) is 0 Å². The highest BCUT2D eigenvalue weighted by Crippen LogP contribution is 2.37. The van der Waals surface area contributed by atoms with Crippen LogP contribution in [0.5, 0.6) is 0 Å². The van der Waals surface area contributed by atoms with E-state index >= 15 is 4.39 Å². The molecule has 0 spiro atoms. The fraction of sp³-hybridized carbons (Fsp3) is 0.500. The Bertz CT molecular complexity index is 1180. The molecular weight excluding hydrogens is 489 g/mol. The van der Waals surface area contributed by atoms with Crippen LogP contribution in [0.4, 0.5) is 13.2 Å². The van der Waals surface area contributed by atoms with E-state index in [1.54, 1.807) is 6.07 Å². The van der Waals surface area contributed by atoms with Crippen LogP contribution in [0.25, 0.3) is 0 Å². The number of halogens is 3. The van der Waals surface area contributed by atoms with Gasteiger partial charge in [0, 0.05) is 0 Å². The molecule has 0 nitrogen and oxygen atoms in total. The summed E-state index contributed by atoms with van der Waals surface area (Å²) in [7, 11) is 0. The lowest BCUT2D eigenvalue weighted by molar-refractivity contribution is 0.308. The third-order valence-corrected chi connectivity index (χ3v) is 8.83. The van der Waals surface area contributed by atoms with Crippen LogP contribution < -0.4 is 0 Å². The molecule has 3 aromatic carbocycles. The first-order chi connectivity index (χ1) is 18.9. The Balaban J connectivity index is 1.32. The quantitative estimate of drug-likeness (QED) is 0.217. The van der Waals surface area contributed by atoms with Gasteiger partial charge in [-0.15, -0.1) is 0 Å². The number of hydrogen-bond donors (Lipinski definition) is 0. The Morgan fingerprint density at radius 1 is 0.641 bits per heavy atom. The molecule has 0 bridgehead atoms. The lowest BCUT2D eigenvalue weighted by Gasteiger charge is -2.28. The highest BCUT2D eigenvalue weighted by Gasteiger charge is 2.21. The predicted octanol–water partition coefficient (Wildman–Crippen LogP) is 10.4. The van der Waals surface area contributed by atoms with Crippen molar-refractivity contribution in [2.24, 2.45) is 5.92 Å². The lowest BCUT2D eigenvalue weighted by Crippen LogP contribution is -2.13. The Kier molecular flexibility index (Phi) is 10.7. The van der Waals surface area contributed by atoms with Crippen LogP contribution in [0.15, 0.2) is 48.5 Å². The first-order valence-electron chi connectivity index (χ1n) is 15.2. The summed E-state index contributed by atoms with van der Waals surface area (Å²) in [6.45, 7) is 6.27. The van der Waals surface area contributed by atoms with E-state index in [0.29, 0.717) is 42.7 Å². The molecule has 4 rings (SSSR count). The van der Waals surface area contributed by atoms with E-state index in [9.17, 15) is 8.78 Å². The van der Waals surface area contributed by atoms with Gasteiger partial charge < -0.3 is 0 Å². The van der Waals surface area contributed by atoms with E-state index in [-0.39, 0.29) is 17.5 Å². The van der Waals surface area contributed by atoms with Crippen LogP contribution in [0.1, 0.15) is 110 Å². The average Bonchev–Trinajstić information content (AvgIpc) is 2.93. The topological polar surface area (TPSA) is 0 Å². The van der Waals surface area contributed by atoms with E-state index in [1.165, 1.54) is 61.8 Å². The van der Waals surface area contributed by atoms with E-state index < -0.39 is 0 Å². The molecule has 1 saturated carbocycles. The SMILES string of the molecule is CCCCc1cc(F)c(CCc2cc(C)c(CCc3ccc(C4CCC(CCC)CC4)cc3)c(F)c2)cc1F. The lowest BCUT2D eigenvalue weighted by atomic mass is 9.77. The molecule has 1 aliphatic rings. The zero-order valence-electron chi connectivity index (χ0n) is 24.1. The summed E-state index contributed by atoms with van der Waals surface area (Å²) in [4.78, 5) is 0. The maximum Gasteiger partial charge on any atom is 0.126 e. The van der Waals surface area contributed by atoms with Crippen LogP contribution in [0.3, 0.4) is 0 Å². The van der Waals surface area contributed by atoms with Crippen molar-refractivity contribution in [3.05, 3.63) is 105 Å². The van der Waals surface area contributed by atoms with Gasteiger partial charge in [0.15, 0.2) is 0 Å². The van der Waals surface area contributed by atoms with E-state index in [1.807, 2.05) is 19.9 Å². The van der Waals surface area contributed by atoms with Gasteiger partial charge in [0.1, 0.15) is 17.5 Å². The van der Waals surface area contributed by atoms with Gasteiger partial charge >= 0.3 is 0 Å². The molecule has 0 saturated heterocycles. The Morgan fingerprint density at radius 3 is 1.90 bits per heavy atom. The number of unbranched alkanes of at least 4 members (excludes halogenated alkanes) is 1. The van der Waals surface area contributed by atoms with Crippen LogP contribution >= 0.6 is 0 Å². The second-order valence-electron chi connectivity index (χ2n) is 11.8. The first-order valence-corrected chi connectivity index (χ1v) is 15.2. The smallest absolute Gasteiger partial charge is 0.126 e. The van der Waals surface area contributed by atoms with Gasteiger partial charge in [0.05, 0.1) is 0 Å². The summed E-state index contributed by atoms with van der Waals surface area (Å²) in [5, 5.41) is 0. The average molecular weight is 535 g/mol. The van der Waals surface area contributed by atoms with Gasteiger partial charge in [0.2, 0.25) is 0 Å². The minimum Gasteiger partial charge on any atom is -0.207 e. The van der Waals surface area contributed by atoms with Crippen molar-refractivity contribution in [2.75, 3.05) is 0 Å².